The van der Waals surface area contributed by atoms with Crippen LogP contribution < -0.4 is 15.4 Å². The van der Waals surface area contributed by atoms with Gasteiger partial charge in [0.15, 0.2) is 0 Å². The van der Waals surface area contributed by atoms with Crippen LogP contribution in [0.15, 0.2) is 48.5 Å². The molecule has 0 saturated heterocycles. The van der Waals surface area contributed by atoms with Crippen LogP contribution in [0.1, 0.15) is 34.6 Å². The third kappa shape index (κ3) is 5.32. The van der Waals surface area contributed by atoms with Crippen molar-refractivity contribution in [2.75, 3.05) is 25.6 Å². The molecule has 0 aromatic heterocycles. The summed E-state index contributed by atoms with van der Waals surface area (Å²) >= 11 is 0. The molecule has 0 unspecified atom stereocenters. The number of anilines is 1. The minimum atomic E-state index is -0.345. The molecule has 2 aromatic carbocycles. The Balaban J connectivity index is 2.20. The first-order valence-corrected chi connectivity index (χ1v) is 8.45. The molecule has 2 amide bonds. The van der Waals surface area contributed by atoms with Crippen molar-refractivity contribution in [3.8, 4) is 5.75 Å². The fraction of sp³-hybridized carbons (Fsp3) is 0.300. The van der Waals surface area contributed by atoms with E-state index in [0.717, 1.165) is 0 Å². The molecule has 6 heteroatoms. The highest BCUT2D eigenvalue weighted by atomic mass is 16.5. The molecule has 2 rings (SSSR count). The normalized spacial score (nSPS) is 10.5. The number of amides is 2. The van der Waals surface area contributed by atoms with Crippen LogP contribution in [0.3, 0.4) is 0 Å². The molecule has 0 atom stereocenters. The number of methoxy groups -OCH3 is 1. The Morgan fingerprint density at radius 1 is 0.923 bits per heavy atom. The molecule has 0 heterocycles. The Kier molecular flexibility index (Phi) is 7.17. The van der Waals surface area contributed by atoms with Crippen molar-refractivity contribution >= 4 is 17.5 Å². The van der Waals surface area contributed by atoms with Gasteiger partial charge in [0.2, 0.25) is 0 Å². The summed E-state index contributed by atoms with van der Waals surface area (Å²) < 4.78 is 10.6. The Labute approximate surface area is 153 Å². The van der Waals surface area contributed by atoms with Gasteiger partial charge >= 0.3 is 0 Å². The third-order valence-electron chi connectivity index (χ3n) is 3.52. The van der Waals surface area contributed by atoms with E-state index >= 15 is 0 Å². The zero-order chi connectivity index (χ0) is 18.9. The van der Waals surface area contributed by atoms with E-state index in [1.807, 2.05) is 13.8 Å². The minimum absolute atomic E-state index is 0.00108. The van der Waals surface area contributed by atoms with Crippen LogP contribution in [0.4, 0.5) is 5.69 Å². The molecule has 0 aliphatic heterocycles. The second kappa shape index (κ2) is 9.58. The predicted octanol–water partition coefficient (Wildman–Crippen LogP) is 3.10. The lowest BCUT2D eigenvalue weighted by Crippen LogP contribution is -2.31. The quantitative estimate of drug-likeness (QED) is 0.713. The average Bonchev–Trinajstić information content (AvgIpc) is 2.62. The molecule has 0 saturated carbocycles. The van der Waals surface area contributed by atoms with Gasteiger partial charge in [0.1, 0.15) is 12.4 Å². The maximum absolute atomic E-state index is 12.7. The van der Waals surface area contributed by atoms with Crippen molar-refractivity contribution < 1.29 is 19.1 Å². The molecule has 0 fully saturated rings. The number of carbonyl (C=O) groups is 2. The Bertz CT molecular complexity index is 759. The number of para-hydroxylation sites is 2. The highest BCUT2D eigenvalue weighted by molar-refractivity contribution is 6.10. The van der Waals surface area contributed by atoms with Gasteiger partial charge in [-0.25, -0.2) is 0 Å². The van der Waals surface area contributed by atoms with Gasteiger partial charge in [-0.1, -0.05) is 24.3 Å². The van der Waals surface area contributed by atoms with Crippen molar-refractivity contribution in [3.05, 3.63) is 59.7 Å². The van der Waals surface area contributed by atoms with Gasteiger partial charge in [-0.05, 0) is 38.1 Å². The number of benzene rings is 2. The Morgan fingerprint density at radius 2 is 1.58 bits per heavy atom. The monoisotopic (exact) mass is 356 g/mol. The van der Waals surface area contributed by atoms with E-state index in [1.165, 1.54) is 0 Å². The standard InChI is InChI=1S/C20H24N2O4/c1-14(2)21-19(23)15-8-4-6-10-17(15)22-20(24)16-9-5-7-11-18(16)26-13-12-25-3/h4-11,14H,12-13H2,1-3H3,(H,21,23)(H,22,24). The fourth-order valence-electron chi connectivity index (χ4n) is 2.33. The second-order valence-corrected chi connectivity index (χ2v) is 5.97. The molecule has 138 valence electrons. The predicted molar refractivity (Wildman–Crippen MR) is 101 cm³/mol. The fourth-order valence-corrected chi connectivity index (χ4v) is 2.33. The summed E-state index contributed by atoms with van der Waals surface area (Å²) in [5, 5.41) is 5.63. The smallest absolute Gasteiger partial charge is 0.259 e. The number of nitrogens with one attached hydrogen (secondary N) is 2. The zero-order valence-corrected chi connectivity index (χ0v) is 15.2. The highest BCUT2D eigenvalue weighted by Gasteiger charge is 2.17. The zero-order valence-electron chi connectivity index (χ0n) is 15.2. The second-order valence-electron chi connectivity index (χ2n) is 5.97. The molecule has 2 N–H and O–H groups in total. The number of ether oxygens (including phenoxy) is 2. The van der Waals surface area contributed by atoms with E-state index in [-0.39, 0.29) is 17.9 Å². The van der Waals surface area contributed by atoms with Crippen molar-refractivity contribution in [3.63, 3.8) is 0 Å². The van der Waals surface area contributed by atoms with E-state index in [4.69, 9.17) is 9.47 Å². The molecule has 0 spiro atoms. The Hall–Kier alpha value is -2.86. The van der Waals surface area contributed by atoms with Crippen molar-refractivity contribution in [1.82, 2.24) is 5.32 Å². The molecule has 2 aromatic rings. The molecule has 26 heavy (non-hydrogen) atoms. The number of hydrogen-bond acceptors (Lipinski definition) is 4. The van der Waals surface area contributed by atoms with Crippen molar-refractivity contribution in [2.24, 2.45) is 0 Å². The van der Waals surface area contributed by atoms with Crippen LogP contribution in [0.5, 0.6) is 5.75 Å². The highest BCUT2D eigenvalue weighted by Crippen LogP contribution is 2.21. The van der Waals surface area contributed by atoms with E-state index in [0.29, 0.717) is 35.8 Å². The van der Waals surface area contributed by atoms with Gasteiger partial charge in [0.05, 0.1) is 23.4 Å². The van der Waals surface area contributed by atoms with Gasteiger partial charge in [-0.2, -0.15) is 0 Å². The van der Waals surface area contributed by atoms with Crippen LogP contribution in [-0.2, 0) is 4.74 Å². The summed E-state index contributed by atoms with van der Waals surface area (Å²) in [6.07, 6.45) is 0. The maximum Gasteiger partial charge on any atom is 0.259 e. The third-order valence-corrected chi connectivity index (χ3v) is 3.52. The first-order chi connectivity index (χ1) is 12.5. The Morgan fingerprint density at radius 3 is 2.27 bits per heavy atom. The van der Waals surface area contributed by atoms with E-state index < -0.39 is 0 Å². The summed E-state index contributed by atoms with van der Waals surface area (Å²) in [4.78, 5) is 25.0. The van der Waals surface area contributed by atoms with Crippen LogP contribution in [0, 0.1) is 0 Å². The molecular formula is C20H24N2O4. The first-order valence-electron chi connectivity index (χ1n) is 8.45. The SMILES string of the molecule is COCCOc1ccccc1C(=O)Nc1ccccc1C(=O)NC(C)C. The summed E-state index contributed by atoms with van der Waals surface area (Å²) in [6.45, 7) is 4.53. The van der Waals surface area contributed by atoms with Gasteiger partial charge in [-0.3, -0.25) is 9.59 Å². The summed E-state index contributed by atoms with van der Waals surface area (Å²) in [7, 11) is 1.58. The van der Waals surface area contributed by atoms with E-state index in [9.17, 15) is 9.59 Å². The average molecular weight is 356 g/mol. The summed E-state index contributed by atoms with van der Waals surface area (Å²) in [5.41, 5.74) is 1.25. The topological polar surface area (TPSA) is 76.7 Å². The largest absolute Gasteiger partial charge is 0.490 e. The van der Waals surface area contributed by atoms with Crippen LogP contribution in [0.25, 0.3) is 0 Å². The van der Waals surface area contributed by atoms with Gasteiger partial charge < -0.3 is 20.1 Å². The molecular weight excluding hydrogens is 332 g/mol. The van der Waals surface area contributed by atoms with Crippen molar-refractivity contribution in [1.29, 1.82) is 0 Å². The van der Waals surface area contributed by atoms with Gasteiger partial charge in [-0.15, -0.1) is 0 Å². The van der Waals surface area contributed by atoms with E-state index in [2.05, 4.69) is 10.6 Å². The van der Waals surface area contributed by atoms with Crippen LogP contribution in [-0.4, -0.2) is 38.2 Å². The van der Waals surface area contributed by atoms with Crippen molar-refractivity contribution in [2.45, 2.75) is 19.9 Å². The van der Waals surface area contributed by atoms with Crippen LogP contribution in [0.2, 0.25) is 0 Å². The maximum atomic E-state index is 12.7. The van der Waals surface area contributed by atoms with Crippen LogP contribution >= 0.6 is 0 Å². The number of hydrogen-bond donors (Lipinski definition) is 2. The molecule has 0 aliphatic carbocycles. The minimum Gasteiger partial charge on any atom is -0.490 e. The van der Waals surface area contributed by atoms with E-state index in [1.54, 1.807) is 55.6 Å². The molecule has 6 nitrogen and oxygen atoms in total. The first kappa shape index (κ1) is 19.5. The lowest BCUT2D eigenvalue weighted by atomic mass is 10.1. The number of rotatable bonds is 8. The molecule has 0 radical (unpaired) electrons. The summed E-state index contributed by atoms with van der Waals surface area (Å²) in [6, 6.07) is 13.8. The number of carbonyl (C=O) groups excluding carboxylic acids is 2. The van der Waals surface area contributed by atoms with Gasteiger partial charge in [0.25, 0.3) is 11.8 Å². The molecule has 0 aliphatic rings. The lowest BCUT2D eigenvalue weighted by Gasteiger charge is -2.14. The summed E-state index contributed by atoms with van der Waals surface area (Å²) in [5.74, 6) is -0.116. The van der Waals surface area contributed by atoms with Gasteiger partial charge in [0, 0.05) is 13.2 Å². The molecule has 0 bridgehead atoms. The lowest BCUT2D eigenvalue weighted by molar-refractivity contribution is 0.0944.